The number of carboxylic acid groups (broad SMARTS) is 1. The maximum atomic E-state index is 14.1. The molecule has 1 fully saturated rings. The number of carbonyl (C=O) groups excluding carboxylic acids is 1. The largest absolute Gasteiger partial charge is 0.478 e. The quantitative estimate of drug-likeness (QED) is 0.526. The number of carbonyl (C=O) groups is 2. The van der Waals surface area contributed by atoms with Gasteiger partial charge in [0, 0.05) is 36.2 Å². The van der Waals surface area contributed by atoms with Crippen molar-refractivity contribution in [2.24, 2.45) is 0 Å². The molecule has 3 aromatic rings. The highest BCUT2D eigenvalue weighted by molar-refractivity contribution is 9.10. The number of rotatable bonds is 5. The van der Waals surface area contributed by atoms with E-state index in [4.69, 9.17) is 0 Å². The Morgan fingerprint density at radius 3 is 2.06 bits per heavy atom. The fraction of sp³-hybridized carbons (Fsp3) is 0.167. The molecule has 1 heterocycles. The molecule has 1 saturated heterocycles. The van der Waals surface area contributed by atoms with E-state index < -0.39 is 5.97 Å². The smallest absolute Gasteiger partial charge is 0.335 e. The van der Waals surface area contributed by atoms with Crippen LogP contribution in [0.4, 0.5) is 21.5 Å². The summed E-state index contributed by atoms with van der Waals surface area (Å²) >= 11 is 3.35. The molecular formula is C24H21BrFN3O3. The molecule has 6 nitrogen and oxygen atoms in total. The van der Waals surface area contributed by atoms with Crippen molar-refractivity contribution in [2.45, 2.75) is 0 Å². The Labute approximate surface area is 193 Å². The molecule has 0 spiro atoms. The topological polar surface area (TPSA) is 72.9 Å². The van der Waals surface area contributed by atoms with Crippen LogP contribution in [0.3, 0.4) is 0 Å². The summed E-state index contributed by atoms with van der Waals surface area (Å²) < 4.78 is 15.0. The number of carboxylic acids is 1. The summed E-state index contributed by atoms with van der Waals surface area (Å²) in [5, 5.41) is 12.3. The Balaban J connectivity index is 1.56. The molecule has 164 valence electrons. The van der Waals surface area contributed by atoms with Crippen LogP contribution in [0.2, 0.25) is 0 Å². The first-order chi connectivity index (χ1) is 15.4. The monoisotopic (exact) mass is 497 g/mol. The van der Waals surface area contributed by atoms with Crippen LogP contribution in [0.25, 0.3) is 0 Å². The molecule has 32 heavy (non-hydrogen) atoms. The summed E-state index contributed by atoms with van der Waals surface area (Å²) in [4.78, 5) is 28.3. The normalized spacial score (nSPS) is 13.7. The van der Waals surface area contributed by atoms with Crippen molar-refractivity contribution in [2.75, 3.05) is 41.3 Å². The van der Waals surface area contributed by atoms with Crippen LogP contribution in [0.15, 0.2) is 71.2 Å². The number of nitrogens with zero attached hydrogens (tertiary/aromatic N) is 2. The van der Waals surface area contributed by atoms with Crippen LogP contribution in [0.5, 0.6) is 0 Å². The number of nitrogens with one attached hydrogen (secondary N) is 1. The molecule has 0 saturated carbocycles. The molecule has 0 bridgehead atoms. The number of hydrogen-bond acceptors (Lipinski definition) is 4. The lowest BCUT2D eigenvalue weighted by molar-refractivity contribution is 0.0696. The van der Waals surface area contributed by atoms with Crippen molar-refractivity contribution in [3.63, 3.8) is 0 Å². The Morgan fingerprint density at radius 1 is 0.844 bits per heavy atom. The number of amides is 1. The minimum atomic E-state index is -1.07. The third kappa shape index (κ3) is 4.75. The van der Waals surface area contributed by atoms with Gasteiger partial charge in [0.2, 0.25) is 0 Å². The Bertz CT molecular complexity index is 1150. The van der Waals surface area contributed by atoms with Gasteiger partial charge < -0.3 is 20.2 Å². The van der Waals surface area contributed by atoms with Crippen LogP contribution in [0, 0.1) is 5.82 Å². The molecular weight excluding hydrogens is 477 g/mol. The number of para-hydroxylation sites is 1. The first-order valence-electron chi connectivity index (χ1n) is 10.1. The molecule has 1 aliphatic heterocycles. The van der Waals surface area contributed by atoms with Crippen molar-refractivity contribution in [3.8, 4) is 0 Å². The van der Waals surface area contributed by atoms with Gasteiger partial charge in [-0.3, -0.25) is 4.79 Å². The van der Waals surface area contributed by atoms with E-state index in [0.29, 0.717) is 43.1 Å². The van der Waals surface area contributed by atoms with Crippen LogP contribution in [-0.2, 0) is 0 Å². The number of benzene rings is 3. The maximum Gasteiger partial charge on any atom is 0.335 e. The first-order valence-corrected chi connectivity index (χ1v) is 10.9. The lowest BCUT2D eigenvalue weighted by Crippen LogP contribution is -2.47. The van der Waals surface area contributed by atoms with Gasteiger partial charge in [0.05, 0.1) is 22.6 Å². The second kappa shape index (κ2) is 9.40. The zero-order valence-electron chi connectivity index (χ0n) is 17.1. The van der Waals surface area contributed by atoms with Crippen molar-refractivity contribution >= 4 is 44.9 Å². The Kier molecular flexibility index (Phi) is 6.41. The number of aromatic carboxylic acids is 1. The lowest BCUT2D eigenvalue weighted by atomic mass is 10.1. The molecule has 1 aliphatic rings. The lowest BCUT2D eigenvalue weighted by Gasteiger charge is -2.38. The van der Waals surface area contributed by atoms with Gasteiger partial charge in [0.1, 0.15) is 5.82 Å². The molecule has 0 atom stereocenters. The number of anilines is 3. The van der Waals surface area contributed by atoms with E-state index in [2.05, 4.69) is 26.1 Å². The van der Waals surface area contributed by atoms with Gasteiger partial charge in [-0.2, -0.15) is 0 Å². The summed E-state index contributed by atoms with van der Waals surface area (Å²) in [5.41, 5.74) is 2.28. The van der Waals surface area contributed by atoms with E-state index >= 15 is 0 Å². The van der Waals surface area contributed by atoms with Gasteiger partial charge in [-0.15, -0.1) is 0 Å². The van der Waals surface area contributed by atoms with Gasteiger partial charge in [-0.05, 0) is 54.6 Å². The standard InChI is InChI=1S/C24H21BrFN3O3/c25-18-8-5-16(6-9-18)23(30)27-20-15-17(24(31)32)7-10-22(20)29-13-11-28(12-14-29)21-4-2-1-3-19(21)26/h1-10,15H,11-14H2,(H,27,30)(H,31,32). The molecule has 3 aromatic carbocycles. The number of halogens is 2. The van der Waals surface area contributed by atoms with E-state index in [1.165, 1.54) is 18.2 Å². The van der Waals surface area contributed by atoms with E-state index in [-0.39, 0.29) is 17.3 Å². The van der Waals surface area contributed by atoms with Crippen LogP contribution >= 0.6 is 15.9 Å². The van der Waals surface area contributed by atoms with E-state index in [1.807, 2.05) is 11.0 Å². The fourth-order valence-electron chi connectivity index (χ4n) is 3.74. The van der Waals surface area contributed by atoms with Gasteiger partial charge >= 0.3 is 5.97 Å². The predicted molar refractivity (Wildman–Crippen MR) is 126 cm³/mol. The number of hydrogen-bond donors (Lipinski definition) is 2. The molecule has 0 aromatic heterocycles. The van der Waals surface area contributed by atoms with Crippen molar-refractivity contribution in [1.82, 2.24) is 0 Å². The zero-order valence-corrected chi connectivity index (χ0v) is 18.7. The molecule has 0 unspecified atom stereocenters. The highest BCUT2D eigenvalue weighted by Crippen LogP contribution is 2.30. The van der Waals surface area contributed by atoms with Crippen LogP contribution in [-0.4, -0.2) is 43.2 Å². The second-order valence-electron chi connectivity index (χ2n) is 7.42. The molecule has 8 heteroatoms. The summed E-state index contributed by atoms with van der Waals surface area (Å²) in [7, 11) is 0. The molecule has 0 radical (unpaired) electrons. The molecule has 4 rings (SSSR count). The van der Waals surface area contributed by atoms with Crippen LogP contribution < -0.4 is 15.1 Å². The summed E-state index contributed by atoms with van der Waals surface area (Å²) in [5.74, 6) is -1.65. The molecule has 1 amide bonds. The predicted octanol–water partition coefficient (Wildman–Crippen LogP) is 4.87. The van der Waals surface area contributed by atoms with Crippen molar-refractivity contribution < 1.29 is 19.1 Å². The summed E-state index contributed by atoms with van der Waals surface area (Å²) in [6.07, 6.45) is 0. The molecule has 2 N–H and O–H groups in total. The van der Waals surface area contributed by atoms with E-state index in [9.17, 15) is 19.1 Å². The SMILES string of the molecule is O=C(O)c1ccc(N2CCN(c3ccccc3F)CC2)c(NC(=O)c2ccc(Br)cc2)c1. The average Bonchev–Trinajstić information content (AvgIpc) is 2.80. The molecule has 0 aliphatic carbocycles. The van der Waals surface area contributed by atoms with Gasteiger partial charge in [0.25, 0.3) is 5.91 Å². The highest BCUT2D eigenvalue weighted by atomic mass is 79.9. The van der Waals surface area contributed by atoms with Crippen LogP contribution in [0.1, 0.15) is 20.7 Å². The summed E-state index contributed by atoms with van der Waals surface area (Å²) in [6.45, 7) is 2.40. The van der Waals surface area contributed by atoms with E-state index in [1.54, 1.807) is 42.5 Å². The fourth-order valence-corrected chi connectivity index (χ4v) is 4.00. The van der Waals surface area contributed by atoms with Gasteiger partial charge in [-0.1, -0.05) is 28.1 Å². The van der Waals surface area contributed by atoms with Gasteiger partial charge in [0.15, 0.2) is 0 Å². The third-order valence-corrected chi connectivity index (χ3v) is 5.94. The van der Waals surface area contributed by atoms with Gasteiger partial charge in [-0.25, -0.2) is 9.18 Å². The second-order valence-corrected chi connectivity index (χ2v) is 8.34. The average molecular weight is 498 g/mol. The Hall–Kier alpha value is -3.39. The van der Waals surface area contributed by atoms with Crippen molar-refractivity contribution in [1.29, 1.82) is 0 Å². The minimum Gasteiger partial charge on any atom is -0.478 e. The third-order valence-electron chi connectivity index (χ3n) is 5.41. The maximum absolute atomic E-state index is 14.1. The van der Waals surface area contributed by atoms with E-state index in [0.717, 1.165) is 10.2 Å². The first kappa shape index (κ1) is 21.8. The Morgan fingerprint density at radius 2 is 1.44 bits per heavy atom. The minimum absolute atomic E-state index is 0.0878. The number of piperazine rings is 1. The summed E-state index contributed by atoms with van der Waals surface area (Å²) in [6, 6.07) is 18.3. The zero-order chi connectivity index (χ0) is 22.7. The van der Waals surface area contributed by atoms with Crippen molar-refractivity contribution in [3.05, 3.63) is 88.1 Å². The highest BCUT2D eigenvalue weighted by Gasteiger charge is 2.23.